The van der Waals surface area contributed by atoms with E-state index in [9.17, 15) is 18.0 Å². The van der Waals surface area contributed by atoms with Crippen LogP contribution in [0.3, 0.4) is 0 Å². The molecule has 0 saturated heterocycles. The maximum Gasteiger partial charge on any atom is 0.243 e. The maximum atomic E-state index is 13.9. The third kappa shape index (κ3) is 9.16. The zero-order chi connectivity index (χ0) is 30.1. The second-order valence-electron chi connectivity index (χ2n) is 11.3. The summed E-state index contributed by atoms with van der Waals surface area (Å²) in [5, 5.41) is 3.04. The first-order valence-corrected chi connectivity index (χ1v) is 16.0. The Morgan fingerprint density at radius 1 is 0.905 bits per heavy atom. The number of aryl methyl sites for hydroxylation is 1. The molecule has 4 rings (SSSR count). The molecule has 9 heteroatoms. The quantitative estimate of drug-likeness (QED) is 0.271. The van der Waals surface area contributed by atoms with Crippen molar-refractivity contribution in [3.05, 3.63) is 95.6 Å². The van der Waals surface area contributed by atoms with E-state index in [2.05, 4.69) is 10.0 Å². The van der Waals surface area contributed by atoms with Crippen LogP contribution in [0.4, 0.5) is 0 Å². The minimum Gasteiger partial charge on any atom is -0.497 e. The van der Waals surface area contributed by atoms with Crippen LogP contribution in [0.25, 0.3) is 0 Å². The van der Waals surface area contributed by atoms with Crippen LogP contribution in [-0.2, 0) is 39.0 Å². The van der Waals surface area contributed by atoms with Crippen LogP contribution in [0.15, 0.2) is 83.8 Å². The summed E-state index contributed by atoms with van der Waals surface area (Å²) in [6, 6.07) is 23.2. The van der Waals surface area contributed by atoms with Crippen LogP contribution >= 0.6 is 0 Å². The normalized spacial score (nSPS) is 13.9. The summed E-state index contributed by atoms with van der Waals surface area (Å²) < 4.78 is 33.0. The lowest BCUT2D eigenvalue weighted by atomic mass is 10.0. The van der Waals surface area contributed by atoms with Crippen LogP contribution in [0.5, 0.6) is 5.75 Å². The van der Waals surface area contributed by atoms with Gasteiger partial charge < -0.3 is 15.0 Å². The van der Waals surface area contributed by atoms with Gasteiger partial charge in [-0.05, 0) is 66.1 Å². The van der Waals surface area contributed by atoms with Crippen molar-refractivity contribution in [2.75, 3.05) is 13.7 Å². The molecule has 0 bridgehead atoms. The summed E-state index contributed by atoms with van der Waals surface area (Å²) in [5.74, 6) is 0.638. The largest absolute Gasteiger partial charge is 0.497 e. The first kappa shape index (κ1) is 31.3. The third-order valence-corrected chi connectivity index (χ3v) is 8.76. The minimum atomic E-state index is -3.54. The number of sulfonamides is 1. The number of nitrogens with one attached hydrogen (secondary N) is 2. The molecule has 1 saturated carbocycles. The molecule has 2 N–H and O–H groups in total. The summed E-state index contributed by atoms with van der Waals surface area (Å²) >= 11 is 0. The van der Waals surface area contributed by atoms with Gasteiger partial charge in [-0.1, -0.05) is 68.4 Å². The van der Waals surface area contributed by atoms with Crippen molar-refractivity contribution in [3.8, 4) is 5.75 Å². The van der Waals surface area contributed by atoms with E-state index in [1.807, 2.05) is 68.4 Å². The molecule has 0 unspecified atom stereocenters. The van der Waals surface area contributed by atoms with Gasteiger partial charge in [0.1, 0.15) is 11.8 Å². The van der Waals surface area contributed by atoms with Gasteiger partial charge in [0.2, 0.25) is 21.8 Å². The average molecular weight is 592 g/mol. The van der Waals surface area contributed by atoms with Gasteiger partial charge in [-0.15, -0.1) is 0 Å². The smallest absolute Gasteiger partial charge is 0.243 e. The lowest BCUT2D eigenvalue weighted by molar-refractivity contribution is -0.141. The number of ether oxygens (including phenoxy) is 1. The summed E-state index contributed by atoms with van der Waals surface area (Å²) in [7, 11) is -1.94. The van der Waals surface area contributed by atoms with Crippen LogP contribution in [0.1, 0.15) is 49.8 Å². The Bertz CT molecular complexity index is 1420. The first-order chi connectivity index (χ1) is 20.1. The van der Waals surface area contributed by atoms with E-state index in [1.54, 1.807) is 36.3 Å². The van der Waals surface area contributed by atoms with Crippen molar-refractivity contribution >= 4 is 21.8 Å². The van der Waals surface area contributed by atoms with Gasteiger partial charge in [0.15, 0.2) is 0 Å². The zero-order valence-corrected chi connectivity index (χ0v) is 25.4. The Kier molecular flexibility index (Phi) is 10.8. The number of carbonyl (C=O) groups is 2. The first-order valence-electron chi connectivity index (χ1n) is 14.5. The number of methoxy groups -OCH3 is 1. The van der Waals surface area contributed by atoms with Gasteiger partial charge >= 0.3 is 0 Å². The predicted molar refractivity (Wildman–Crippen MR) is 163 cm³/mol. The summed E-state index contributed by atoms with van der Waals surface area (Å²) in [4.78, 5) is 29.4. The number of benzene rings is 3. The summed E-state index contributed by atoms with van der Waals surface area (Å²) in [6.45, 7) is 4.84. The third-order valence-electron chi connectivity index (χ3n) is 7.23. The van der Waals surface area contributed by atoms with E-state index >= 15 is 0 Å². The number of hydrogen-bond donors (Lipinski definition) is 2. The van der Waals surface area contributed by atoms with Crippen molar-refractivity contribution in [2.24, 2.45) is 5.92 Å². The summed E-state index contributed by atoms with van der Waals surface area (Å²) in [6.07, 6.45) is 2.71. The fourth-order valence-electron chi connectivity index (χ4n) is 4.62. The molecule has 3 aromatic carbocycles. The molecule has 0 heterocycles. The van der Waals surface area contributed by atoms with Crippen molar-refractivity contribution in [2.45, 2.75) is 69.5 Å². The Labute approximate surface area is 249 Å². The van der Waals surface area contributed by atoms with E-state index < -0.39 is 16.1 Å². The molecule has 8 nitrogen and oxygen atoms in total. The lowest BCUT2D eigenvalue weighted by Crippen LogP contribution is -2.51. The molecule has 2 amide bonds. The van der Waals surface area contributed by atoms with Crippen molar-refractivity contribution in [1.29, 1.82) is 0 Å². The maximum absolute atomic E-state index is 13.9. The van der Waals surface area contributed by atoms with Gasteiger partial charge in [0, 0.05) is 32.0 Å². The Morgan fingerprint density at radius 3 is 2.14 bits per heavy atom. The van der Waals surface area contributed by atoms with Crippen molar-refractivity contribution in [1.82, 2.24) is 14.9 Å². The fraction of sp³-hybridized carbons (Fsp3) is 0.394. The number of hydrogen-bond acceptors (Lipinski definition) is 5. The highest BCUT2D eigenvalue weighted by molar-refractivity contribution is 7.89. The fourth-order valence-corrected chi connectivity index (χ4v) is 5.93. The predicted octanol–water partition coefficient (Wildman–Crippen LogP) is 4.48. The van der Waals surface area contributed by atoms with Crippen LogP contribution < -0.4 is 14.8 Å². The van der Waals surface area contributed by atoms with Gasteiger partial charge in [-0.2, -0.15) is 0 Å². The molecule has 224 valence electrons. The Balaban J connectivity index is 1.55. The van der Waals surface area contributed by atoms with Crippen molar-refractivity contribution < 1.29 is 22.7 Å². The van der Waals surface area contributed by atoms with Gasteiger partial charge in [0.25, 0.3) is 0 Å². The van der Waals surface area contributed by atoms with Gasteiger partial charge in [-0.25, -0.2) is 13.1 Å². The molecule has 1 aliphatic rings. The van der Waals surface area contributed by atoms with E-state index in [4.69, 9.17) is 4.74 Å². The van der Waals surface area contributed by atoms with Gasteiger partial charge in [0.05, 0.1) is 12.0 Å². The number of rotatable bonds is 15. The van der Waals surface area contributed by atoms with Gasteiger partial charge in [-0.3, -0.25) is 9.59 Å². The van der Waals surface area contributed by atoms with Crippen LogP contribution in [0, 0.1) is 5.92 Å². The van der Waals surface area contributed by atoms with E-state index in [0.717, 1.165) is 29.5 Å². The molecule has 1 fully saturated rings. The highest BCUT2D eigenvalue weighted by Gasteiger charge is 2.31. The highest BCUT2D eigenvalue weighted by Crippen LogP contribution is 2.23. The molecule has 1 aliphatic carbocycles. The van der Waals surface area contributed by atoms with Crippen LogP contribution in [0.2, 0.25) is 0 Å². The highest BCUT2D eigenvalue weighted by atomic mass is 32.2. The topological polar surface area (TPSA) is 105 Å². The standard InChI is InChI=1S/C33H41N3O5S/c1-24(2)22-34-33(38)31(21-26-7-5-4-6-8-26)36(23-27-9-16-29(41-3)17-10-27)32(37)20-13-25-11-18-30(19-12-25)42(39,40)35-28-14-15-28/h4-12,16-19,24,28,31,35H,13-15,20-23H2,1-3H3,(H,34,38)/t31-/m0/s1. The molecule has 0 spiro atoms. The Morgan fingerprint density at radius 2 is 1.55 bits per heavy atom. The molecule has 3 aromatic rings. The second-order valence-corrected chi connectivity index (χ2v) is 13.0. The number of carbonyl (C=O) groups excluding carboxylic acids is 2. The minimum absolute atomic E-state index is 0.0329. The van der Waals surface area contributed by atoms with E-state index in [-0.39, 0.29) is 41.6 Å². The molecule has 1 atom stereocenters. The average Bonchev–Trinajstić information content (AvgIpc) is 3.80. The zero-order valence-electron chi connectivity index (χ0n) is 24.6. The second kappa shape index (κ2) is 14.5. The van der Waals surface area contributed by atoms with Crippen LogP contribution in [-0.4, -0.2) is 50.9 Å². The lowest BCUT2D eigenvalue weighted by Gasteiger charge is -2.32. The molecule has 42 heavy (non-hydrogen) atoms. The SMILES string of the molecule is COc1ccc(CN(C(=O)CCc2ccc(S(=O)(=O)NC3CC3)cc2)[C@@H](Cc2ccccc2)C(=O)NCC(C)C)cc1. The van der Waals surface area contributed by atoms with Crippen molar-refractivity contribution in [3.63, 3.8) is 0 Å². The number of amides is 2. The molecular formula is C33H41N3O5S. The number of nitrogens with zero attached hydrogens (tertiary/aromatic N) is 1. The molecular weight excluding hydrogens is 550 g/mol. The molecule has 0 radical (unpaired) electrons. The Hall–Kier alpha value is -3.69. The monoisotopic (exact) mass is 591 g/mol. The summed E-state index contributed by atoms with van der Waals surface area (Å²) in [5.41, 5.74) is 2.70. The van der Waals surface area contributed by atoms with E-state index in [1.165, 1.54) is 0 Å². The molecule has 0 aromatic heterocycles. The van der Waals surface area contributed by atoms with E-state index in [0.29, 0.717) is 25.1 Å². The molecule has 0 aliphatic heterocycles.